The lowest BCUT2D eigenvalue weighted by atomic mass is 10.0. The molecule has 10 heteroatoms. The molecule has 12 rings (SSSR count). The van der Waals surface area contributed by atoms with Crippen LogP contribution in [0.15, 0.2) is 200 Å². The Kier molecular flexibility index (Phi) is 10.1. The molecule has 0 unspecified atom stereocenters. The molecule has 0 bridgehead atoms. The predicted octanol–water partition coefficient (Wildman–Crippen LogP) is 16.8. The number of hydrogen-bond acceptors (Lipinski definition) is 3. The maximum Gasteiger partial charge on any atom is 0.416 e. The lowest BCUT2D eigenvalue weighted by Gasteiger charge is -2.18. The third kappa shape index (κ3) is 7.43. The van der Waals surface area contributed by atoms with Crippen molar-refractivity contribution in [1.29, 1.82) is 0 Å². The van der Waals surface area contributed by atoms with Gasteiger partial charge in [0.05, 0.1) is 52.1 Å². The van der Waals surface area contributed by atoms with Gasteiger partial charge in [0, 0.05) is 38.2 Å². The molecule has 0 saturated heterocycles. The van der Waals surface area contributed by atoms with Gasteiger partial charge in [-0.05, 0) is 95.9 Å². The Morgan fingerprint density at radius 3 is 1.38 bits per heavy atom. The van der Waals surface area contributed by atoms with Crippen molar-refractivity contribution in [1.82, 2.24) is 24.1 Å². The number of nitrogens with zero attached hydrogens (tertiary/aromatic N) is 7. The minimum atomic E-state index is -4.69. The largest absolute Gasteiger partial charge is 0.416 e. The topological polar surface area (TPSA) is 57.2 Å². The van der Waals surface area contributed by atoms with E-state index in [1.54, 1.807) is 12.1 Å². The summed E-state index contributed by atoms with van der Waals surface area (Å²) in [5, 5.41) is 3.85. The fourth-order valence-electron chi connectivity index (χ4n) is 9.77. The van der Waals surface area contributed by atoms with Crippen LogP contribution < -0.4 is 0 Å². The van der Waals surface area contributed by atoms with E-state index in [9.17, 15) is 0 Å². The van der Waals surface area contributed by atoms with Crippen molar-refractivity contribution in [3.8, 4) is 67.8 Å². The van der Waals surface area contributed by atoms with Crippen LogP contribution >= 0.6 is 0 Å². The summed E-state index contributed by atoms with van der Waals surface area (Å²) in [6.45, 7) is 17.3. The van der Waals surface area contributed by atoms with E-state index in [4.69, 9.17) is 28.1 Å². The number of alkyl halides is 3. The average Bonchev–Trinajstić information content (AvgIpc) is 3.92. The normalized spacial score (nSPS) is 11.6. The molecule has 0 atom stereocenters. The number of halogens is 3. The van der Waals surface area contributed by atoms with E-state index in [1.807, 2.05) is 151 Å². The lowest BCUT2D eigenvalue weighted by molar-refractivity contribution is -0.137. The fraction of sp³-hybridized carbons (Fsp3) is 0.0328. The van der Waals surface area contributed by atoms with Crippen molar-refractivity contribution in [2.24, 2.45) is 0 Å². The Hall–Kier alpha value is -9.64. The van der Waals surface area contributed by atoms with E-state index < -0.39 is 11.7 Å². The maximum atomic E-state index is 15.0. The first-order chi connectivity index (χ1) is 34.6. The van der Waals surface area contributed by atoms with Crippen molar-refractivity contribution >= 4 is 55.0 Å². The number of aryl methyl sites for hydroxylation is 1. The number of fused-ring (bicyclic) bond motifs is 6. The molecule has 0 aliphatic rings. The summed E-state index contributed by atoms with van der Waals surface area (Å²) < 4.78 is 49.3. The summed E-state index contributed by atoms with van der Waals surface area (Å²) in [7, 11) is 0. The summed E-state index contributed by atoms with van der Waals surface area (Å²) in [6.07, 6.45) is -4.69. The highest BCUT2D eigenvalue weighted by molar-refractivity contribution is 6.12. The minimum absolute atomic E-state index is 0.0541. The lowest BCUT2D eigenvalue weighted by Crippen LogP contribution is -2.09. The van der Waals surface area contributed by atoms with Gasteiger partial charge in [0.1, 0.15) is 0 Å². The maximum absolute atomic E-state index is 15.0. The van der Waals surface area contributed by atoms with E-state index in [-0.39, 0.29) is 23.0 Å². The summed E-state index contributed by atoms with van der Waals surface area (Å²) >= 11 is 0. The van der Waals surface area contributed by atoms with E-state index in [1.165, 1.54) is 6.07 Å². The molecule has 0 spiro atoms. The molecule has 0 amide bonds. The molecular formula is C61H36F3N7. The zero-order chi connectivity index (χ0) is 48.4. The predicted molar refractivity (Wildman–Crippen MR) is 278 cm³/mol. The molecule has 0 radical (unpaired) electrons. The zero-order valence-corrected chi connectivity index (χ0v) is 37.8. The van der Waals surface area contributed by atoms with Gasteiger partial charge in [-0.25, -0.2) is 24.6 Å². The molecule has 0 saturated carbocycles. The second kappa shape index (κ2) is 16.8. The first kappa shape index (κ1) is 42.7. The van der Waals surface area contributed by atoms with E-state index in [0.717, 1.165) is 89.2 Å². The van der Waals surface area contributed by atoms with Crippen molar-refractivity contribution in [3.63, 3.8) is 0 Å². The van der Waals surface area contributed by atoms with Gasteiger partial charge in [0.2, 0.25) is 0 Å². The number of para-hydroxylation sites is 2. The molecule has 3 heterocycles. The highest BCUT2D eigenvalue weighted by Crippen LogP contribution is 2.43. The fourth-order valence-corrected chi connectivity index (χ4v) is 9.77. The molecule has 0 N–H and O–H groups in total. The summed E-state index contributed by atoms with van der Waals surface area (Å²) in [5.74, 6) is 0.611. The summed E-state index contributed by atoms with van der Waals surface area (Å²) in [5.41, 5.74) is 10.6. The molecular weight excluding hydrogens is 888 g/mol. The summed E-state index contributed by atoms with van der Waals surface area (Å²) in [4.78, 5) is 22.8. The van der Waals surface area contributed by atoms with Gasteiger partial charge in [0.25, 0.3) is 0 Å². The third-order valence-corrected chi connectivity index (χ3v) is 13.1. The number of hydrogen-bond donors (Lipinski definition) is 0. The van der Waals surface area contributed by atoms with Crippen LogP contribution in [0.2, 0.25) is 0 Å². The van der Waals surface area contributed by atoms with Crippen LogP contribution in [-0.4, -0.2) is 24.1 Å². The molecule has 12 aromatic rings. The quantitative estimate of drug-likeness (QED) is 0.150. The van der Waals surface area contributed by atoms with Gasteiger partial charge < -0.3 is 9.13 Å². The molecule has 9 aromatic carbocycles. The van der Waals surface area contributed by atoms with Crippen LogP contribution in [0.1, 0.15) is 11.1 Å². The Bertz CT molecular complexity index is 4210. The second-order valence-corrected chi connectivity index (χ2v) is 17.4. The van der Waals surface area contributed by atoms with Crippen LogP contribution in [0.3, 0.4) is 0 Å². The van der Waals surface area contributed by atoms with Crippen molar-refractivity contribution in [2.75, 3.05) is 0 Å². The monoisotopic (exact) mass is 923 g/mol. The number of rotatable bonds is 7. The highest BCUT2D eigenvalue weighted by atomic mass is 19.4. The Morgan fingerprint density at radius 2 is 0.845 bits per heavy atom. The Balaban J connectivity index is 1.14. The molecule has 71 heavy (non-hydrogen) atoms. The smallest absolute Gasteiger partial charge is 0.308 e. The number of benzene rings is 9. The third-order valence-electron chi connectivity index (χ3n) is 13.1. The SMILES string of the molecule is [C-]#[N+]c1cccc(-c2ccc3c4ccccc4n(-c4ccc(C)cc4-c4nc(-c5ccccc5)nc(-c5cc(C(F)(F)F)ccc5-n5c6ccccc6c6ccc(-c7cccc([N+]#[C-])c7)cc65)n4)c3c2)c1. The van der Waals surface area contributed by atoms with Gasteiger partial charge in [-0.1, -0.05) is 139 Å². The molecule has 0 aliphatic carbocycles. The molecule has 336 valence electrons. The van der Waals surface area contributed by atoms with Crippen LogP contribution in [-0.2, 0) is 6.18 Å². The minimum Gasteiger partial charge on any atom is -0.308 e. The molecule has 0 fully saturated rings. The Morgan fingerprint density at radius 1 is 0.394 bits per heavy atom. The first-order valence-corrected chi connectivity index (χ1v) is 22.8. The van der Waals surface area contributed by atoms with Crippen molar-refractivity contribution < 1.29 is 13.2 Å². The van der Waals surface area contributed by atoms with Gasteiger partial charge in [-0.3, -0.25) is 0 Å². The van der Waals surface area contributed by atoms with E-state index in [2.05, 4.69) is 44.6 Å². The van der Waals surface area contributed by atoms with Gasteiger partial charge >= 0.3 is 6.18 Å². The second-order valence-electron chi connectivity index (χ2n) is 17.4. The average molecular weight is 924 g/mol. The van der Waals surface area contributed by atoms with Crippen LogP contribution in [0.4, 0.5) is 24.5 Å². The van der Waals surface area contributed by atoms with Gasteiger partial charge in [-0.2, -0.15) is 13.2 Å². The molecule has 0 aliphatic heterocycles. The van der Waals surface area contributed by atoms with Crippen LogP contribution in [0.5, 0.6) is 0 Å². The Labute approximate surface area is 405 Å². The van der Waals surface area contributed by atoms with Crippen molar-refractivity contribution in [3.05, 3.63) is 234 Å². The van der Waals surface area contributed by atoms with Crippen molar-refractivity contribution in [2.45, 2.75) is 13.1 Å². The van der Waals surface area contributed by atoms with Gasteiger partial charge in [-0.15, -0.1) is 0 Å². The summed E-state index contributed by atoms with van der Waals surface area (Å²) in [6, 6.07) is 62.5. The van der Waals surface area contributed by atoms with Gasteiger partial charge in [0.15, 0.2) is 28.8 Å². The standard InChI is InChI=1S/C61H36F3N7/c1-37-23-29-54(70-52-21-9-7-19-46(52)48-27-24-41(34-56(48)70)39-15-11-17-44(32-39)65-2)50(31-37)59-67-58(38-13-5-4-6-14-38)68-60(69-59)51-36-43(61(62,63)64)26-30-55(51)71-53-22-10-8-20-47(53)49-28-25-42(35-57(49)71)40-16-12-18-45(33-40)66-3/h4-36H,1H3. The first-order valence-electron chi connectivity index (χ1n) is 22.8. The van der Waals surface area contributed by atoms with E-state index >= 15 is 13.2 Å². The van der Waals surface area contributed by atoms with Crippen LogP contribution in [0, 0.1) is 20.1 Å². The van der Waals surface area contributed by atoms with E-state index in [0.29, 0.717) is 28.2 Å². The number of aromatic nitrogens is 5. The highest BCUT2D eigenvalue weighted by Gasteiger charge is 2.33. The molecule has 3 aromatic heterocycles. The molecule has 7 nitrogen and oxygen atoms in total. The zero-order valence-electron chi connectivity index (χ0n) is 37.8. The van der Waals surface area contributed by atoms with Crippen LogP contribution in [0.25, 0.3) is 121 Å².